The van der Waals surface area contributed by atoms with Crippen LogP contribution in [0, 0.1) is 0 Å². The summed E-state index contributed by atoms with van der Waals surface area (Å²) in [5.41, 5.74) is 0. The Morgan fingerprint density at radius 2 is 1.29 bits per heavy atom. The fourth-order valence-corrected chi connectivity index (χ4v) is 0. The highest BCUT2D eigenvalue weighted by atomic mass is 127. The third kappa shape index (κ3) is 283. The molecule has 0 N–H and O–H groups in total. The van der Waals surface area contributed by atoms with Crippen LogP contribution in [0.4, 0.5) is 0 Å². The summed E-state index contributed by atoms with van der Waals surface area (Å²) >= 11 is 2.34. The molecule has 0 unspecified atom stereocenters. The molecule has 0 rings (SSSR count). The molecule has 0 aromatic rings. The van der Waals surface area contributed by atoms with Crippen LogP contribution in [0.2, 0.25) is 0 Å². The molecular weight excluding hydrogens is 199 g/mol. The second kappa shape index (κ2) is 9.88. The molecule has 0 saturated heterocycles. The van der Waals surface area contributed by atoms with E-state index in [1.807, 2.05) is 0 Å². The van der Waals surface area contributed by atoms with Gasteiger partial charge in [-0.3, -0.25) is 0 Å². The van der Waals surface area contributed by atoms with Gasteiger partial charge in [-0.25, -0.2) is 0 Å². The van der Waals surface area contributed by atoms with Crippen molar-refractivity contribution in [3.8, 4) is 0 Å². The Labute approximate surface area is 60.8 Å². The third-order valence-electron chi connectivity index (χ3n) is 0. The maximum atomic E-state index is 2.34. The summed E-state index contributed by atoms with van der Waals surface area (Å²) in [6.07, 6.45) is 1.25. The molecule has 0 aromatic carbocycles. The van der Waals surface area contributed by atoms with E-state index in [9.17, 15) is 0 Å². The molecule has 0 bridgehead atoms. The average Bonchev–Trinajstić information content (AvgIpc) is 1.33. The van der Waals surface area contributed by atoms with Gasteiger partial charge in [0.05, 0.1) is 0 Å². The number of hydrogen-bond donors (Lipinski definition) is 0. The van der Waals surface area contributed by atoms with Crippen molar-refractivity contribution in [3.63, 3.8) is 0 Å². The van der Waals surface area contributed by atoms with Gasteiger partial charge in [-0.15, -0.1) is 0 Å². The number of halogens is 1. The molecule has 0 aliphatic rings. The number of alkyl halides is 1. The maximum absolute atomic E-state index is 2.34. The highest BCUT2D eigenvalue weighted by Gasteiger charge is 1.70. The minimum Gasteiger partial charge on any atom is -0.0832 e. The minimum atomic E-state index is 0.803. The smallest absolute Gasteiger partial charge is 0.00530 e. The summed E-state index contributed by atoms with van der Waals surface area (Å²) in [4.78, 5) is 0. The SMILES string of the molecule is CC(C)I.CCC. The van der Waals surface area contributed by atoms with E-state index in [0.29, 0.717) is 0 Å². The van der Waals surface area contributed by atoms with Gasteiger partial charge in [0, 0.05) is 3.92 Å². The lowest BCUT2D eigenvalue weighted by Crippen LogP contribution is -1.69. The predicted molar refractivity (Wildman–Crippen MR) is 45.1 cm³/mol. The maximum Gasteiger partial charge on any atom is 0.00530 e. The zero-order valence-corrected chi connectivity index (χ0v) is 7.82. The zero-order valence-electron chi connectivity index (χ0n) is 5.66. The third-order valence-corrected chi connectivity index (χ3v) is 0. The molecule has 0 nitrogen and oxygen atoms in total. The monoisotopic (exact) mass is 214 g/mol. The molecule has 0 spiro atoms. The van der Waals surface area contributed by atoms with Crippen LogP contribution in [-0.2, 0) is 0 Å². The van der Waals surface area contributed by atoms with Gasteiger partial charge in [-0.05, 0) is 0 Å². The Hall–Kier alpha value is 0.730. The van der Waals surface area contributed by atoms with Gasteiger partial charge in [0.25, 0.3) is 0 Å². The van der Waals surface area contributed by atoms with Crippen molar-refractivity contribution in [2.45, 2.75) is 38.0 Å². The van der Waals surface area contributed by atoms with Gasteiger partial charge in [-0.1, -0.05) is 56.7 Å². The quantitative estimate of drug-likeness (QED) is 0.429. The van der Waals surface area contributed by atoms with Gasteiger partial charge >= 0.3 is 0 Å². The van der Waals surface area contributed by atoms with Crippen molar-refractivity contribution < 1.29 is 0 Å². The molecule has 0 heterocycles. The molecule has 1 heteroatoms. The van der Waals surface area contributed by atoms with E-state index in [4.69, 9.17) is 0 Å². The average molecular weight is 214 g/mol. The van der Waals surface area contributed by atoms with Crippen LogP contribution in [0.25, 0.3) is 0 Å². The Balaban J connectivity index is 0. The van der Waals surface area contributed by atoms with Gasteiger partial charge in [-0.2, -0.15) is 0 Å². The molecule has 0 aliphatic heterocycles. The molecule has 0 radical (unpaired) electrons. The Bertz CT molecular complexity index is 15.4. The van der Waals surface area contributed by atoms with Crippen LogP contribution < -0.4 is 0 Å². The molecule has 0 saturated carbocycles. The Morgan fingerprint density at radius 1 is 1.29 bits per heavy atom. The highest BCUT2D eigenvalue weighted by Crippen LogP contribution is 1.91. The standard InChI is InChI=1S/C3H7I.C3H8/c1-3(2)4;1-3-2/h3H,1-2H3;3H2,1-2H3. The van der Waals surface area contributed by atoms with Crippen molar-refractivity contribution in [1.82, 2.24) is 0 Å². The fourth-order valence-electron chi connectivity index (χ4n) is 0. The van der Waals surface area contributed by atoms with Crippen molar-refractivity contribution in [1.29, 1.82) is 0 Å². The van der Waals surface area contributed by atoms with Gasteiger partial charge in [0.15, 0.2) is 0 Å². The number of hydrogen-bond acceptors (Lipinski definition) is 0. The summed E-state index contributed by atoms with van der Waals surface area (Å²) < 4.78 is 0.803. The van der Waals surface area contributed by atoms with E-state index < -0.39 is 0 Å². The van der Waals surface area contributed by atoms with Crippen molar-refractivity contribution in [2.24, 2.45) is 0 Å². The molecule has 0 fully saturated rings. The lowest BCUT2D eigenvalue weighted by Gasteiger charge is -1.76. The van der Waals surface area contributed by atoms with Crippen molar-refractivity contribution in [2.75, 3.05) is 0 Å². The summed E-state index contributed by atoms with van der Waals surface area (Å²) in [7, 11) is 0. The summed E-state index contributed by atoms with van der Waals surface area (Å²) in [6.45, 7) is 8.56. The van der Waals surface area contributed by atoms with Gasteiger partial charge in [0.1, 0.15) is 0 Å². The fraction of sp³-hybridized carbons (Fsp3) is 1.00. The van der Waals surface area contributed by atoms with Crippen LogP contribution in [-0.4, -0.2) is 3.92 Å². The lowest BCUT2D eigenvalue weighted by atomic mass is 10.6. The highest BCUT2D eigenvalue weighted by molar-refractivity contribution is 14.1. The lowest BCUT2D eigenvalue weighted by molar-refractivity contribution is 1.09. The largest absolute Gasteiger partial charge is 0.0832 e. The molecule has 0 atom stereocenters. The van der Waals surface area contributed by atoms with E-state index in [2.05, 4.69) is 50.3 Å². The second-order valence-electron chi connectivity index (χ2n) is 1.72. The normalized spacial score (nSPS) is 7.71. The van der Waals surface area contributed by atoms with Gasteiger partial charge in [0.2, 0.25) is 0 Å². The van der Waals surface area contributed by atoms with Crippen LogP contribution in [0.3, 0.4) is 0 Å². The Kier molecular flexibility index (Phi) is 15.0. The summed E-state index contributed by atoms with van der Waals surface area (Å²) in [6, 6.07) is 0. The van der Waals surface area contributed by atoms with Crippen LogP contribution in [0.5, 0.6) is 0 Å². The van der Waals surface area contributed by atoms with E-state index >= 15 is 0 Å². The molecule has 0 amide bonds. The molecule has 0 aliphatic carbocycles. The molecule has 46 valence electrons. The first-order chi connectivity index (χ1) is 3.15. The van der Waals surface area contributed by atoms with E-state index in [1.165, 1.54) is 6.42 Å². The molecule has 7 heavy (non-hydrogen) atoms. The minimum absolute atomic E-state index is 0.803. The topological polar surface area (TPSA) is 0 Å². The van der Waals surface area contributed by atoms with Crippen LogP contribution in [0.1, 0.15) is 34.1 Å². The van der Waals surface area contributed by atoms with Crippen LogP contribution >= 0.6 is 22.6 Å². The van der Waals surface area contributed by atoms with Crippen molar-refractivity contribution in [3.05, 3.63) is 0 Å². The van der Waals surface area contributed by atoms with E-state index in [0.717, 1.165) is 3.92 Å². The Morgan fingerprint density at radius 3 is 1.29 bits per heavy atom. The van der Waals surface area contributed by atoms with E-state index in [-0.39, 0.29) is 0 Å². The first-order valence-electron chi connectivity index (χ1n) is 2.79. The first kappa shape index (κ1) is 10.7. The summed E-state index contributed by atoms with van der Waals surface area (Å²) in [5.74, 6) is 0. The van der Waals surface area contributed by atoms with E-state index in [1.54, 1.807) is 0 Å². The van der Waals surface area contributed by atoms with Gasteiger partial charge < -0.3 is 0 Å². The zero-order chi connectivity index (χ0) is 6.28. The molecular formula is C6H15I. The second-order valence-corrected chi connectivity index (χ2v) is 4.21. The molecule has 0 aromatic heterocycles. The summed E-state index contributed by atoms with van der Waals surface area (Å²) in [5, 5.41) is 0. The van der Waals surface area contributed by atoms with Crippen molar-refractivity contribution >= 4 is 22.6 Å². The number of rotatable bonds is 0. The van der Waals surface area contributed by atoms with Crippen LogP contribution in [0.15, 0.2) is 0 Å². The predicted octanol–water partition coefficient (Wildman–Crippen LogP) is 3.25. The first-order valence-corrected chi connectivity index (χ1v) is 4.03.